The van der Waals surface area contributed by atoms with Crippen molar-refractivity contribution in [3.8, 4) is 11.1 Å². The van der Waals surface area contributed by atoms with Crippen molar-refractivity contribution in [1.29, 1.82) is 0 Å². The molecule has 0 aliphatic carbocycles. The number of rotatable bonds is 11. The van der Waals surface area contributed by atoms with E-state index in [1.165, 1.54) is 5.56 Å². The summed E-state index contributed by atoms with van der Waals surface area (Å²) in [6.07, 6.45) is 2.90. The molecule has 0 aliphatic rings. The topological polar surface area (TPSA) is 35.5 Å². The van der Waals surface area contributed by atoms with Crippen LogP contribution in [0.3, 0.4) is 0 Å². The molecule has 0 radical (unpaired) electrons. The minimum Gasteiger partial charge on any atom is -0.461 e. The molecule has 3 heteroatoms. The average Bonchev–Trinajstić information content (AvgIpc) is 2.81. The van der Waals surface area contributed by atoms with Crippen LogP contribution in [-0.2, 0) is 20.9 Å². The van der Waals surface area contributed by atoms with Gasteiger partial charge in [0.1, 0.15) is 6.61 Å². The molecule has 0 amide bonds. The van der Waals surface area contributed by atoms with Gasteiger partial charge in [-0.25, -0.2) is 0 Å². The molecule has 0 saturated carbocycles. The second-order valence-corrected chi connectivity index (χ2v) is 7.39. The lowest BCUT2D eigenvalue weighted by Crippen LogP contribution is -2.11. The number of carbonyl (C=O) groups excluding carboxylic acids is 1. The van der Waals surface area contributed by atoms with Gasteiger partial charge in [-0.05, 0) is 41.2 Å². The van der Waals surface area contributed by atoms with Gasteiger partial charge in [0.05, 0.1) is 6.10 Å². The zero-order valence-electron chi connectivity index (χ0n) is 17.6. The van der Waals surface area contributed by atoms with Crippen LogP contribution in [0.2, 0.25) is 0 Å². The van der Waals surface area contributed by atoms with Gasteiger partial charge in [-0.15, -0.1) is 0 Å². The van der Waals surface area contributed by atoms with E-state index in [4.69, 9.17) is 9.47 Å². The summed E-state index contributed by atoms with van der Waals surface area (Å²) in [7, 11) is 0. The number of carbonyl (C=O) groups is 1. The normalized spacial score (nSPS) is 11.8. The molecule has 1 unspecified atom stereocenters. The van der Waals surface area contributed by atoms with Crippen molar-refractivity contribution in [2.24, 2.45) is 0 Å². The summed E-state index contributed by atoms with van der Waals surface area (Å²) in [6, 6.07) is 28.5. The van der Waals surface area contributed by atoms with E-state index in [1.807, 2.05) is 48.5 Å². The maximum atomic E-state index is 12.3. The molecule has 156 valence electrons. The first-order valence-electron chi connectivity index (χ1n) is 10.7. The van der Waals surface area contributed by atoms with Gasteiger partial charge in [-0.2, -0.15) is 0 Å². The standard InChI is InChI=1S/C27H30O3/c1-2-3-19-29-26(17-18-27(28)30-21-22-11-6-4-7-12-22)25-16-10-15-24(20-25)23-13-8-5-9-14-23/h4-16,20,26H,2-3,17-19,21H2,1H3. The molecule has 0 saturated heterocycles. The predicted molar refractivity (Wildman–Crippen MR) is 121 cm³/mol. The summed E-state index contributed by atoms with van der Waals surface area (Å²) in [5, 5.41) is 0. The molecule has 0 N–H and O–H groups in total. The Morgan fingerprint density at radius 3 is 2.30 bits per heavy atom. The van der Waals surface area contributed by atoms with Crippen LogP contribution in [0.5, 0.6) is 0 Å². The van der Waals surface area contributed by atoms with Gasteiger partial charge in [-0.1, -0.05) is 92.2 Å². The Kier molecular flexibility index (Phi) is 8.67. The summed E-state index contributed by atoms with van der Waals surface area (Å²) in [6.45, 7) is 3.15. The Bertz CT molecular complexity index is 890. The lowest BCUT2D eigenvalue weighted by Gasteiger charge is -2.19. The van der Waals surface area contributed by atoms with Crippen molar-refractivity contribution in [1.82, 2.24) is 0 Å². The lowest BCUT2D eigenvalue weighted by atomic mass is 9.98. The van der Waals surface area contributed by atoms with Crippen molar-refractivity contribution in [2.75, 3.05) is 6.61 Å². The summed E-state index contributed by atoms with van der Waals surface area (Å²) < 4.78 is 11.6. The van der Waals surface area contributed by atoms with Gasteiger partial charge in [0.15, 0.2) is 0 Å². The molecule has 3 aromatic carbocycles. The summed E-state index contributed by atoms with van der Waals surface area (Å²) in [5.41, 5.74) is 4.43. The molecule has 3 aromatic rings. The minimum absolute atomic E-state index is 0.121. The Hall–Kier alpha value is -2.91. The van der Waals surface area contributed by atoms with E-state index in [2.05, 4.69) is 43.3 Å². The van der Waals surface area contributed by atoms with Crippen LogP contribution in [-0.4, -0.2) is 12.6 Å². The van der Waals surface area contributed by atoms with Crippen LogP contribution in [0, 0.1) is 0 Å². The number of ether oxygens (including phenoxy) is 2. The van der Waals surface area contributed by atoms with E-state index >= 15 is 0 Å². The molecular formula is C27H30O3. The van der Waals surface area contributed by atoms with Crippen LogP contribution in [0.25, 0.3) is 11.1 Å². The Balaban J connectivity index is 1.63. The van der Waals surface area contributed by atoms with Crippen LogP contribution in [0.4, 0.5) is 0 Å². The van der Waals surface area contributed by atoms with Gasteiger partial charge in [-0.3, -0.25) is 4.79 Å². The van der Waals surface area contributed by atoms with Crippen LogP contribution < -0.4 is 0 Å². The van der Waals surface area contributed by atoms with Crippen LogP contribution in [0.1, 0.15) is 49.8 Å². The maximum absolute atomic E-state index is 12.3. The highest BCUT2D eigenvalue weighted by atomic mass is 16.5. The van der Waals surface area contributed by atoms with Crippen molar-refractivity contribution in [3.63, 3.8) is 0 Å². The molecular weight excluding hydrogens is 372 g/mol. The van der Waals surface area contributed by atoms with Gasteiger partial charge in [0, 0.05) is 13.0 Å². The minimum atomic E-state index is -0.192. The number of unbranched alkanes of at least 4 members (excludes halogenated alkanes) is 1. The van der Waals surface area contributed by atoms with Gasteiger partial charge in [0.2, 0.25) is 0 Å². The maximum Gasteiger partial charge on any atom is 0.306 e. The molecule has 0 heterocycles. The number of benzene rings is 3. The molecule has 0 aliphatic heterocycles. The number of esters is 1. The van der Waals surface area contributed by atoms with Crippen molar-refractivity contribution < 1.29 is 14.3 Å². The first kappa shape index (κ1) is 21.8. The Morgan fingerprint density at radius 2 is 1.57 bits per heavy atom. The summed E-state index contributed by atoms with van der Waals surface area (Å²) >= 11 is 0. The first-order chi connectivity index (χ1) is 14.8. The highest BCUT2D eigenvalue weighted by Gasteiger charge is 2.16. The molecule has 0 bridgehead atoms. The molecule has 0 fully saturated rings. The van der Waals surface area contributed by atoms with Gasteiger partial charge in [0.25, 0.3) is 0 Å². The molecule has 1 atom stereocenters. The van der Waals surface area contributed by atoms with Crippen molar-refractivity contribution in [3.05, 3.63) is 96.1 Å². The van der Waals surface area contributed by atoms with Gasteiger partial charge < -0.3 is 9.47 Å². The SMILES string of the molecule is CCCCOC(CCC(=O)OCc1ccccc1)c1cccc(-c2ccccc2)c1. The Labute approximate surface area is 179 Å². The van der Waals surface area contributed by atoms with E-state index in [9.17, 15) is 4.79 Å². The number of hydrogen-bond donors (Lipinski definition) is 0. The monoisotopic (exact) mass is 402 g/mol. The molecule has 0 spiro atoms. The van der Waals surface area contributed by atoms with Crippen molar-refractivity contribution >= 4 is 5.97 Å². The van der Waals surface area contributed by atoms with E-state index < -0.39 is 0 Å². The van der Waals surface area contributed by atoms with E-state index in [0.29, 0.717) is 26.1 Å². The predicted octanol–water partition coefficient (Wildman–Crippen LogP) is 6.74. The van der Waals surface area contributed by atoms with Crippen LogP contribution >= 0.6 is 0 Å². The average molecular weight is 403 g/mol. The van der Waals surface area contributed by atoms with Crippen LogP contribution in [0.15, 0.2) is 84.9 Å². The second kappa shape index (κ2) is 11.9. The second-order valence-electron chi connectivity index (χ2n) is 7.39. The summed E-state index contributed by atoms with van der Waals surface area (Å²) in [4.78, 5) is 12.3. The quantitative estimate of drug-likeness (QED) is 0.263. The van der Waals surface area contributed by atoms with E-state index in [0.717, 1.165) is 29.5 Å². The Morgan fingerprint density at radius 1 is 0.867 bits per heavy atom. The highest BCUT2D eigenvalue weighted by Crippen LogP contribution is 2.28. The zero-order chi connectivity index (χ0) is 21.0. The third-order valence-corrected chi connectivity index (χ3v) is 5.04. The fourth-order valence-corrected chi connectivity index (χ4v) is 3.32. The highest BCUT2D eigenvalue weighted by molar-refractivity contribution is 5.69. The fraction of sp³-hybridized carbons (Fsp3) is 0.296. The lowest BCUT2D eigenvalue weighted by molar-refractivity contribution is -0.145. The fourth-order valence-electron chi connectivity index (χ4n) is 3.32. The van der Waals surface area contributed by atoms with Crippen molar-refractivity contribution in [2.45, 2.75) is 45.3 Å². The molecule has 3 rings (SSSR count). The molecule has 30 heavy (non-hydrogen) atoms. The zero-order valence-corrected chi connectivity index (χ0v) is 17.6. The van der Waals surface area contributed by atoms with E-state index in [1.54, 1.807) is 0 Å². The molecule has 0 aromatic heterocycles. The smallest absolute Gasteiger partial charge is 0.306 e. The van der Waals surface area contributed by atoms with E-state index in [-0.39, 0.29) is 12.1 Å². The largest absolute Gasteiger partial charge is 0.461 e. The first-order valence-corrected chi connectivity index (χ1v) is 10.7. The third kappa shape index (κ3) is 6.85. The third-order valence-electron chi connectivity index (χ3n) is 5.04. The molecule has 3 nitrogen and oxygen atoms in total. The summed E-state index contributed by atoms with van der Waals surface area (Å²) in [5.74, 6) is -0.192. The van der Waals surface area contributed by atoms with Gasteiger partial charge >= 0.3 is 5.97 Å². The number of hydrogen-bond acceptors (Lipinski definition) is 3.